The maximum absolute atomic E-state index is 2.39. The Labute approximate surface area is 206 Å². The Hall–Kier alpha value is -3.24. The summed E-state index contributed by atoms with van der Waals surface area (Å²) in [6.45, 7) is 0. The molecule has 0 N–H and O–H groups in total. The highest BCUT2D eigenvalue weighted by molar-refractivity contribution is 7.26. The lowest BCUT2D eigenvalue weighted by Crippen LogP contribution is -1.80. The molecule has 0 atom stereocenters. The Kier molecular flexibility index (Phi) is 5.53. The third-order valence-electron chi connectivity index (χ3n) is 5.75. The van der Waals surface area contributed by atoms with Crippen molar-refractivity contribution in [2.75, 3.05) is 0 Å². The number of hydrogen-bond acceptors (Lipinski definition) is 3. The van der Waals surface area contributed by atoms with Gasteiger partial charge in [-0.05, 0) is 45.6 Å². The molecule has 6 aromatic rings. The van der Waals surface area contributed by atoms with Crippen LogP contribution < -0.4 is 0 Å². The van der Waals surface area contributed by atoms with Crippen molar-refractivity contribution in [2.24, 2.45) is 0 Å². The molecule has 0 nitrogen and oxygen atoms in total. The fourth-order valence-electron chi connectivity index (χ4n) is 4.18. The van der Waals surface area contributed by atoms with Crippen LogP contribution in [0.5, 0.6) is 0 Å². The zero-order valence-corrected chi connectivity index (χ0v) is 20.2. The monoisotopic (exact) mass is 476 g/mol. The molecule has 0 aliphatic rings. The molecule has 3 heteroatoms. The van der Waals surface area contributed by atoms with Gasteiger partial charge in [-0.1, -0.05) is 91.0 Å². The summed E-state index contributed by atoms with van der Waals surface area (Å²) in [5.41, 5.74) is 7.72. The van der Waals surface area contributed by atoms with E-state index in [-0.39, 0.29) is 0 Å². The quantitative estimate of drug-likeness (QED) is 0.232. The summed E-state index contributed by atoms with van der Waals surface area (Å²) in [7, 11) is 0. The van der Waals surface area contributed by atoms with Gasteiger partial charge < -0.3 is 0 Å². The smallest absolute Gasteiger partial charge is 0.0534 e. The van der Waals surface area contributed by atoms with Crippen molar-refractivity contribution in [2.45, 2.75) is 0 Å². The van der Waals surface area contributed by atoms with Crippen LogP contribution in [0.25, 0.3) is 52.9 Å². The van der Waals surface area contributed by atoms with E-state index in [0.29, 0.717) is 0 Å². The minimum atomic E-state index is 1.26. The minimum absolute atomic E-state index is 1.26. The number of thiophene rings is 3. The van der Waals surface area contributed by atoms with Crippen LogP contribution in [0.1, 0.15) is 0 Å². The molecule has 0 saturated carbocycles. The summed E-state index contributed by atoms with van der Waals surface area (Å²) in [6, 6.07) is 39.1. The van der Waals surface area contributed by atoms with Crippen molar-refractivity contribution in [1.82, 2.24) is 0 Å². The average Bonchev–Trinajstić information content (AvgIpc) is 3.64. The van der Waals surface area contributed by atoms with Crippen LogP contribution in [-0.2, 0) is 0 Å². The molecule has 0 radical (unpaired) electrons. The maximum atomic E-state index is 2.39. The van der Waals surface area contributed by atoms with Gasteiger partial charge >= 0.3 is 0 Å². The fraction of sp³-hybridized carbons (Fsp3) is 0. The molecule has 6 rings (SSSR count). The molecule has 0 bridgehead atoms. The molecular weight excluding hydrogens is 457 g/mol. The van der Waals surface area contributed by atoms with Gasteiger partial charge in [-0.3, -0.25) is 0 Å². The van der Waals surface area contributed by atoms with Gasteiger partial charge in [0, 0.05) is 21.6 Å². The van der Waals surface area contributed by atoms with Crippen LogP contribution in [0.3, 0.4) is 0 Å². The standard InChI is InChI=1S/C30H20S3/c1-4-10-21(11-5-1)24-16-18-31-28(24)27-20-26(23-14-8-3-9-15-23)30(33-27)29-25(17-19-32-29)22-12-6-2-7-13-22/h1-20H. The molecule has 0 saturated heterocycles. The predicted octanol–water partition coefficient (Wildman–Crippen LogP) is 10.2. The minimum Gasteiger partial charge on any atom is -0.142 e. The van der Waals surface area contributed by atoms with Crippen LogP contribution in [0, 0.1) is 0 Å². The Morgan fingerprint density at radius 2 is 0.848 bits per heavy atom. The Morgan fingerprint density at radius 3 is 1.39 bits per heavy atom. The second-order valence-electron chi connectivity index (χ2n) is 7.78. The highest BCUT2D eigenvalue weighted by atomic mass is 32.1. The molecule has 0 amide bonds. The summed E-state index contributed by atoms with van der Waals surface area (Å²) in [5, 5.41) is 4.42. The van der Waals surface area contributed by atoms with E-state index in [4.69, 9.17) is 0 Å². The first kappa shape index (κ1) is 20.4. The van der Waals surface area contributed by atoms with Gasteiger partial charge in [0.05, 0.1) is 14.6 Å². The van der Waals surface area contributed by atoms with Crippen molar-refractivity contribution in [3.05, 3.63) is 120 Å². The van der Waals surface area contributed by atoms with Crippen LogP contribution in [-0.4, -0.2) is 0 Å². The highest BCUT2D eigenvalue weighted by Crippen LogP contribution is 2.50. The number of rotatable bonds is 5. The molecule has 158 valence electrons. The molecule has 0 spiro atoms. The predicted molar refractivity (Wildman–Crippen MR) is 147 cm³/mol. The van der Waals surface area contributed by atoms with Crippen molar-refractivity contribution in [3.8, 4) is 52.9 Å². The van der Waals surface area contributed by atoms with E-state index < -0.39 is 0 Å². The van der Waals surface area contributed by atoms with Crippen molar-refractivity contribution < 1.29 is 0 Å². The fourth-order valence-corrected chi connectivity index (χ4v) is 7.50. The van der Waals surface area contributed by atoms with Gasteiger partial charge in [-0.25, -0.2) is 0 Å². The largest absolute Gasteiger partial charge is 0.142 e. The second kappa shape index (κ2) is 8.95. The SMILES string of the molecule is c1ccc(-c2ccsc2-c2cc(-c3ccccc3)c(-c3sccc3-c3ccccc3)s2)cc1. The Morgan fingerprint density at radius 1 is 0.394 bits per heavy atom. The van der Waals surface area contributed by atoms with E-state index in [9.17, 15) is 0 Å². The molecule has 0 aliphatic carbocycles. The first-order chi connectivity index (χ1) is 16.4. The molecule has 0 fully saturated rings. The van der Waals surface area contributed by atoms with Crippen LogP contribution in [0.4, 0.5) is 0 Å². The van der Waals surface area contributed by atoms with Crippen molar-refractivity contribution in [3.63, 3.8) is 0 Å². The molecule has 3 aromatic heterocycles. The highest BCUT2D eigenvalue weighted by Gasteiger charge is 2.20. The summed E-state index contributed by atoms with van der Waals surface area (Å²) in [5.74, 6) is 0. The van der Waals surface area contributed by atoms with E-state index in [1.807, 2.05) is 34.0 Å². The lowest BCUT2D eigenvalue weighted by Gasteiger charge is -2.06. The van der Waals surface area contributed by atoms with Crippen LogP contribution in [0.2, 0.25) is 0 Å². The lowest BCUT2D eigenvalue weighted by molar-refractivity contribution is 1.66. The third kappa shape index (κ3) is 3.89. The van der Waals surface area contributed by atoms with Gasteiger partial charge in [0.1, 0.15) is 0 Å². The van der Waals surface area contributed by atoms with Gasteiger partial charge in [0.2, 0.25) is 0 Å². The van der Waals surface area contributed by atoms with Crippen molar-refractivity contribution in [1.29, 1.82) is 0 Å². The van der Waals surface area contributed by atoms with Crippen LogP contribution >= 0.6 is 34.0 Å². The normalized spacial score (nSPS) is 11.0. The zero-order valence-electron chi connectivity index (χ0n) is 17.8. The van der Waals surface area contributed by atoms with E-state index in [0.717, 1.165) is 0 Å². The third-order valence-corrected chi connectivity index (χ3v) is 9.05. The van der Waals surface area contributed by atoms with Gasteiger partial charge in [0.15, 0.2) is 0 Å². The van der Waals surface area contributed by atoms with E-state index in [2.05, 4.69) is 120 Å². The Bertz CT molecular complexity index is 1490. The van der Waals surface area contributed by atoms with Gasteiger partial charge in [-0.15, -0.1) is 34.0 Å². The molecule has 0 aliphatic heterocycles. The van der Waals surface area contributed by atoms with Gasteiger partial charge in [-0.2, -0.15) is 0 Å². The second-order valence-corrected chi connectivity index (χ2v) is 10.7. The number of hydrogen-bond donors (Lipinski definition) is 0. The molecule has 0 unspecified atom stereocenters. The molecule has 3 heterocycles. The Balaban J connectivity index is 1.55. The van der Waals surface area contributed by atoms with Crippen molar-refractivity contribution >= 4 is 34.0 Å². The van der Waals surface area contributed by atoms with E-state index in [1.54, 1.807) is 0 Å². The molecule has 3 aromatic carbocycles. The summed E-state index contributed by atoms with van der Waals surface area (Å²) in [6.07, 6.45) is 0. The summed E-state index contributed by atoms with van der Waals surface area (Å²) < 4.78 is 0. The molecular formula is C30H20S3. The van der Waals surface area contributed by atoms with Gasteiger partial charge in [0.25, 0.3) is 0 Å². The summed E-state index contributed by atoms with van der Waals surface area (Å²) in [4.78, 5) is 5.35. The lowest BCUT2D eigenvalue weighted by atomic mass is 10.0. The number of benzene rings is 3. The summed E-state index contributed by atoms with van der Waals surface area (Å²) >= 11 is 5.57. The van der Waals surface area contributed by atoms with Crippen LogP contribution in [0.15, 0.2) is 120 Å². The topological polar surface area (TPSA) is 0 Å². The maximum Gasteiger partial charge on any atom is 0.0534 e. The van der Waals surface area contributed by atoms with E-state index in [1.165, 1.54) is 52.9 Å². The average molecular weight is 477 g/mol. The first-order valence-corrected chi connectivity index (χ1v) is 13.4. The zero-order chi connectivity index (χ0) is 22.0. The van der Waals surface area contributed by atoms with E-state index >= 15 is 0 Å². The molecule has 33 heavy (non-hydrogen) atoms. The first-order valence-electron chi connectivity index (χ1n) is 10.8.